The average Bonchev–Trinajstić information content (AvgIpc) is 2.58. The molecule has 1 aliphatic rings. The van der Waals surface area contributed by atoms with Crippen molar-refractivity contribution >= 4 is 23.1 Å². The standard InChI is InChI=1S/C8H11NS2/c1-4-10-5-2-7(1)8-9-3-6-11-8/h3,6-7H,1-2,4-5H2. The minimum absolute atomic E-state index is 0.774. The molecule has 0 bridgehead atoms. The van der Waals surface area contributed by atoms with Crippen LogP contribution in [-0.4, -0.2) is 16.5 Å². The molecule has 60 valence electrons. The number of rotatable bonds is 1. The summed E-state index contributed by atoms with van der Waals surface area (Å²) in [5, 5.41) is 3.43. The van der Waals surface area contributed by atoms with E-state index in [-0.39, 0.29) is 0 Å². The normalized spacial score (nSPS) is 20.4. The Morgan fingerprint density at radius 2 is 2.18 bits per heavy atom. The number of aromatic nitrogens is 1. The largest absolute Gasteiger partial charge is 0.249 e. The second-order valence-electron chi connectivity index (χ2n) is 2.76. The maximum atomic E-state index is 4.35. The van der Waals surface area contributed by atoms with Crippen LogP contribution in [0, 0.1) is 0 Å². The highest BCUT2D eigenvalue weighted by Gasteiger charge is 2.17. The molecule has 0 N–H and O–H groups in total. The fourth-order valence-electron chi connectivity index (χ4n) is 1.38. The van der Waals surface area contributed by atoms with Crippen molar-refractivity contribution in [3.05, 3.63) is 16.6 Å². The van der Waals surface area contributed by atoms with Crippen LogP contribution >= 0.6 is 23.1 Å². The molecule has 1 aromatic heterocycles. The van der Waals surface area contributed by atoms with E-state index in [1.807, 2.05) is 17.5 Å². The van der Waals surface area contributed by atoms with Crippen molar-refractivity contribution in [1.82, 2.24) is 4.98 Å². The summed E-state index contributed by atoms with van der Waals surface area (Å²) >= 11 is 3.88. The van der Waals surface area contributed by atoms with Gasteiger partial charge in [0.25, 0.3) is 0 Å². The van der Waals surface area contributed by atoms with Gasteiger partial charge in [-0.2, -0.15) is 11.8 Å². The summed E-state index contributed by atoms with van der Waals surface area (Å²) in [5.74, 6) is 3.42. The molecule has 0 atom stereocenters. The Morgan fingerprint density at radius 1 is 1.36 bits per heavy atom. The molecule has 1 aliphatic heterocycles. The van der Waals surface area contributed by atoms with Crippen LogP contribution in [0.5, 0.6) is 0 Å². The van der Waals surface area contributed by atoms with Crippen molar-refractivity contribution in [1.29, 1.82) is 0 Å². The van der Waals surface area contributed by atoms with E-state index in [0.29, 0.717) is 0 Å². The Labute approximate surface area is 75.2 Å². The van der Waals surface area contributed by atoms with Gasteiger partial charge in [-0.1, -0.05) is 0 Å². The van der Waals surface area contributed by atoms with Crippen molar-refractivity contribution in [2.24, 2.45) is 0 Å². The third-order valence-electron chi connectivity index (χ3n) is 2.02. The molecule has 1 aromatic rings. The molecule has 0 aromatic carbocycles. The van der Waals surface area contributed by atoms with Crippen LogP contribution < -0.4 is 0 Å². The van der Waals surface area contributed by atoms with Crippen LogP contribution in [0.1, 0.15) is 23.8 Å². The van der Waals surface area contributed by atoms with Crippen LogP contribution in [0.25, 0.3) is 0 Å². The zero-order valence-corrected chi connectivity index (χ0v) is 7.96. The molecule has 0 aliphatic carbocycles. The van der Waals surface area contributed by atoms with Gasteiger partial charge in [0.2, 0.25) is 0 Å². The zero-order valence-electron chi connectivity index (χ0n) is 6.32. The Bertz CT molecular complexity index is 202. The number of nitrogens with zero attached hydrogens (tertiary/aromatic N) is 1. The first-order chi connectivity index (χ1) is 5.47. The van der Waals surface area contributed by atoms with Gasteiger partial charge in [0.05, 0.1) is 5.01 Å². The van der Waals surface area contributed by atoms with E-state index in [1.165, 1.54) is 29.4 Å². The zero-order chi connectivity index (χ0) is 7.52. The van der Waals surface area contributed by atoms with Gasteiger partial charge in [-0.3, -0.25) is 0 Å². The lowest BCUT2D eigenvalue weighted by Gasteiger charge is -2.18. The molecule has 0 unspecified atom stereocenters. The number of hydrogen-bond acceptors (Lipinski definition) is 3. The topological polar surface area (TPSA) is 12.9 Å². The average molecular weight is 185 g/mol. The number of thioether (sulfide) groups is 1. The fraction of sp³-hybridized carbons (Fsp3) is 0.625. The molecule has 0 saturated carbocycles. The molecular formula is C8H11NS2. The molecular weight excluding hydrogens is 174 g/mol. The van der Waals surface area contributed by atoms with Gasteiger partial charge in [-0.05, 0) is 24.3 Å². The Hall–Kier alpha value is -0.0200. The van der Waals surface area contributed by atoms with Crippen molar-refractivity contribution in [2.45, 2.75) is 18.8 Å². The van der Waals surface area contributed by atoms with Crippen LogP contribution in [0.15, 0.2) is 11.6 Å². The van der Waals surface area contributed by atoms with E-state index in [0.717, 1.165) is 5.92 Å². The molecule has 11 heavy (non-hydrogen) atoms. The molecule has 2 rings (SSSR count). The van der Waals surface area contributed by atoms with Gasteiger partial charge < -0.3 is 0 Å². The molecule has 1 fully saturated rings. The van der Waals surface area contributed by atoms with E-state index in [1.54, 1.807) is 0 Å². The van der Waals surface area contributed by atoms with E-state index in [2.05, 4.69) is 22.1 Å². The molecule has 0 amide bonds. The lowest BCUT2D eigenvalue weighted by Crippen LogP contribution is -2.06. The predicted molar refractivity (Wildman–Crippen MR) is 51.4 cm³/mol. The highest BCUT2D eigenvalue weighted by molar-refractivity contribution is 7.99. The Kier molecular flexibility index (Phi) is 2.48. The van der Waals surface area contributed by atoms with E-state index in [9.17, 15) is 0 Å². The second-order valence-corrected chi connectivity index (χ2v) is 4.91. The molecule has 2 heterocycles. The van der Waals surface area contributed by atoms with Gasteiger partial charge in [-0.15, -0.1) is 11.3 Å². The first-order valence-corrected chi connectivity index (χ1v) is 5.97. The predicted octanol–water partition coefficient (Wildman–Crippen LogP) is 2.75. The number of thiazole rings is 1. The lowest BCUT2D eigenvalue weighted by atomic mass is 10.0. The van der Waals surface area contributed by atoms with Gasteiger partial charge in [0.1, 0.15) is 0 Å². The van der Waals surface area contributed by atoms with Gasteiger partial charge in [-0.25, -0.2) is 4.98 Å². The summed E-state index contributed by atoms with van der Waals surface area (Å²) in [7, 11) is 0. The summed E-state index contributed by atoms with van der Waals surface area (Å²) < 4.78 is 0. The Balaban J connectivity index is 2.04. The summed E-state index contributed by atoms with van der Waals surface area (Å²) in [6, 6.07) is 0. The van der Waals surface area contributed by atoms with E-state index in [4.69, 9.17) is 0 Å². The van der Waals surface area contributed by atoms with Crippen LogP contribution in [-0.2, 0) is 0 Å². The van der Waals surface area contributed by atoms with Gasteiger partial charge in [0, 0.05) is 17.5 Å². The quantitative estimate of drug-likeness (QED) is 0.667. The van der Waals surface area contributed by atoms with E-state index < -0.39 is 0 Å². The summed E-state index contributed by atoms with van der Waals surface area (Å²) in [5.41, 5.74) is 0. The minimum Gasteiger partial charge on any atom is -0.249 e. The van der Waals surface area contributed by atoms with Crippen molar-refractivity contribution < 1.29 is 0 Å². The van der Waals surface area contributed by atoms with Crippen LogP contribution in [0.4, 0.5) is 0 Å². The third kappa shape index (κ3) is 1.76. The minimum atomic E-state index is 0.774. The van der Waals surface area contributed by atoms with Crippen molar-refractivity contribution in [2.75, 3.05) is 11.5 Å². The first-order valence-electron chi connectivity index (χ1n) is 3.94. The monoisotopic (exact) mass is 185 g/mol. The SMILES string of the molecule is c1csc(C2CCSCC2)n1. The summed E-state index contributed by atoms with van der Waals surface area (Å²) in [6.07, 6.45) is 4.58. The highest BCUT2D eigenvalue weighted by atomic mass is 32.2. The first kappa shape index (κ1) is 7.62. The maximum Gasteiger partial charge on any atom is 0.0956 e. The van der Waals surface area contributed by atoms with Crippen LogP contribution in [0.2, 0.25) is 0 Å². The second kappa shape index (κ2) is 3.59. The molecule has 3 heteroatoms. The third-order valence-corrected chi connectivity index (χ3v) is 4.01. The van der Waals surface area contributed by atoms with Crippen molar-refractivity contribution in [3.8, 4) is 0 Å². The number of hydrogen-bond donors (Lipinski definition) is 0. The van der Waals surface area contributed by atoms with Gasteiger partial charge in [0.15, 0.2) is 0 Å². The molecule has 1 nitrogen and oxygen atoms in total. The van der Waals surface area contributed by atoms with Crippen molar-refractivity contribution in [3.63, 3.8) is 0 Å². The maximum absolute atomic E-state index is 4.35. The van der Waals surface area contributed by atoms with E-state index >= 15 is 0 Å². The smallest absolute Gasteiger partial charge is 0.0956 e. The summed E-state index contributed by atoms with van der Waals surface area (Å²) in [4.78, 5) is 4.35. The fourth-order valence-corrected chi connectivity index (χ4v) is 3.30. The lowest BCUT2D eigenvalue weighted by molar-refractivity contribution is 0.633. The Morgan fingerprint density at radius 3 is 2.82 bits per heavy atom. The highest BCUT2D eigenvalue weighted by Crippen LogP contribution is 2.32. The molecule has 0 radical (unpaired) electrons. The summed E-state index contributed by atoms with van der Waals surface area (Å²) in [6.45, 7) is 0. The van der Waals surface area contributed by atoms with Crippen LogP contribution in [0.3, 0.4) is 0 Å². The molecule has 0 spiro atoms. The van der Waals surface area contributed by atoms with Gasteiger partial charge >= 0.3 is 0 Å². The molecule has 1 saturated heterocycles.